The molecule has 4 heteroatoms. The van der Waals surface area contributed by atoms with Gasteiger partial charge in [0.2, 0.25) is 0 Å². The Balaban J connectivity index is 1.91. The van der Waals surface area contributed by atoms with E-state index in [2.05, 4.69) is 23.3 Å². The largest absolute Gasteiger partial charge is 0.242 e. The van der Waals surface area contributed by atoms with Crippen molar-refractivity contribution in [3.8, 4) is 0 Å². The highest BCUT2D eigenvalue weighted by molar-refractivity contribution is 7.99. The van der Waals surface area contributed by atoms with Crippen LogP contribution in [0, 0.1) is 0 Å². The van der Waals surface area contributed by atoms with Crippen molar-refractivity contribution in [3.63, 3.8) is 0 Å². The second-order valence-corrected chi connectivity index (χ2v) is 3.67. The summed E-state index contributed by atoms with van der Waals surface area (Å²) in [6.45, 7) is 3.24. The van der Waals surface area contributed by atoms with Crippen LogP contribution in [0.25, 0.3) is 0 Å². The Morgan fingerprint density at radius 2 is 2.50 bits per heavy atom. The molecule has 1 saturated heterocycles. The summed E-state index contributed by atoms with van der Waals surface area (Å²) < 4.78 is 0. The van der Waals surface area contributed by atoms with E-state index in [-0.39, 0.29) is 0 Å². The number of unbranched alkanes of at least 4 members (excludes halogenated alkanes) is 1. The maximum Gasteiger partial charge on any atom is 0.0817 e. The third kappa shape index (κ3) is 2.88. The summed E-state index contributed by atoms with van der Waals surface area (Å²) in [5.41, 5.74) is 9.01. The van der Waals surface area contributed by atoms with Gasteiger partial charge in [0.25, 0.3) is 0 Å². The Bertz CT molecular complexity index is 83.1. The zero-order chi connectivity index (χ0) is 7.23. The summed E-state index contributed by atoms with van der Waals surface area (Å²) in [6.07, 6.45) is 2.61. The highest BCUT2D eigenvalue weighted by Gasteiger charge is 2.11. The van der Waals surface area contributed by atoms with E-state index in [9.17, 15) is 0 Å². The van der Waals surface area contributed by atoms with Crippen molar-refractivity contribution in [1.82, 2.24) is 16.4 Å². The molecule has 1 aliphatic rings. The normalized spacial score (nSPS) is 25.5. The van der Waals surface area contributed by atoms with Crippen molar-refractivity contribution in [2.75, 3.05) is 12.3 Å². The molecule has 10 heavy (non-hydrogen) atoms. The molecule has 3 nitrogen and oxygen atoms in total. The van der Waals surface area contributed by atoms with Gasteiger partial charge in [-0.1, -0.05) is 13.3 Å². The zero-order valence-corrected chi connectivity index (χ0v) is 7.13. The molecule has 0 aromatic carbocycles. The van der Waals surface area contributed by atoms with E-state index >= 15 is 0 Å². The minimum Gasteiger partial charge on any atom is -0.242 e. The maximum absolute atomic E-state index is 3.12. The molecule has 60 valence electrons. The highest BCUT2D eigenvalue weighted by atomic mass is 32.2. The van der Waals surface area contributed by atoms with Crippen molar-refractivity contribution >= 4 is 11.8 Å². The summed E-state index contributed by atoms with van der Waals surface area (Å²) >= 11 is 1.97. The molecule has 0 aromatic rings. The molecule has 0 aliphatic carbocycles. The predicted molar refractivity (Wildman–Crippen MR) is 45.4 cm³/mol. The third-order valence-electron chi connectivity index (χ3n) is 1.43. The van der Waals surface area contributed by atoms with Crippen molar-refractivity contribution in [2.45, 2.75) is 25.1 Å². The van der Waals surface area contributed by atoms with Gasteiger partial charge in [-0.2, -0.15) is 5.53 Å². The first-order valence-corrected chi connectivity index (χ1v) is 4.83. The first-order valence-electron chi connectivity index (χ1n) is 3.78. The summed E-state index contributed by atoms with van der Waals surface area (Å²) in [5, 5.41) is 0.562. The average molecular weight is 161 g/mol. The minimum absolute atomic E-state index is 0.562. The van der Waals surface area contributed by atoms with Crippen LogP contribution in [0.2, 0.25) is 0 Å². The molecule has 1 fully saturated rings. The second kappa shape index (κ2) is 4.96. The molecule has 1 heterocycles. The monoisotopic (exact) mass is 161 g/mol. The minimum atomic E-state index is 0.562. The standard InChI is InChI=1S/C6H15N3S/c1-2-3-4-10-6-5-7-9-8-6/h6-9H,2-5H2,1H3. The van der Waals surface area contributed by atoms with Gasteiger partial charge in [-0.25, -0.2) is 10.9 Å². The van der Waals surface area contributed by atoms with Gasteiger partial charge < -0.3 is 0 Å². The Labute approximate surface area is 66.3 Å². The fraction of sp³-hybridized carbons (Fsp3) is 1.00. The summed E-state index contributed by atoms with van der Waals surface area (Å²) in [4.78, 5) is 0. The molecule has 1 unspecified atom stereocenters. The molecular formula is C6H15N3S. The van der Waals surface area contributed by atoms with Crippen LogP contribution in [0.5, 0.6) is 0 Å². The molecule has 0 spiro atoms. The van der Waals surface area contributed by atoms with Crippen LogP contribution < -0.4 is 16.4 Å². The lowest BCUT2D eigenvalue weighted by molar-refractivity contribution is 0.586. The molecule has 0 bridgehead atoms. The van der Waals surface area contributed by atoms with Crippen LogP contribution in [0.1, 0.15) is 19.8 Å². The fourth-order valence-corrected chi connectivity index (χ4v) is 1.88. The van der Waals surface area contributed by atoms with E-state index in [0.29, 0.717) is 5.37 Å². The number of hydrazine groups is 2. The molecule has 0 radical (unpaired) electrons. The Morgan fingerprint density at radius 1 is 1.60 bits per heavy atom. The Morgan fingerprint density at radius 3 is 3.10 bits per heavy atom. The van der Waals surface area contributed by atoms with E-state index < -0.39 is 0 Å². The smallest absolute Gasteiger partial charge is 0.0817 e. The van der Waals surface area contributed by atoms with Crippen LogP contribution in [0.3, 0.4) is 0 Å². The summed E-state index contributed by atoms with van der Waals surface area (Å²) in [5.74, 6) is 1.26. The topological polar surface area (TPSA) is 36.1 Å². The first-order chi connectivity index (χ1) is 4.93. The van der Waals surface area contributed by atoms with Gasteiger partial charge in [0, 0.05) is 6.54 Å². The molecule has 0 saturated carbocycles. The van der Waals surface area contributed by atoms with E-state index in [0.717, 1.165) is 6.54 Å². The van der Waals surface area contributed by atoms with Gasteiger partial charge in [0.05, 0.1) is 5.37 Å². The quantitative estimate of drug-likeness (QED) is 0.523. The number of thioether (sulfide) groups is 1. The lowest BCUT2D eigenvalue weighted by Crippen LogP contribution is -2.32. The van der Waals surface area contributed by atoms with Gasteiger partial charge in [0.1, 0.15) is 0 Å². The summed E-state index contributed by atoms with van der Waals surface area (Å²) in [7, 11) is 0. The van der Waals surface area contributed by atoms with Crippen LogP contribution in [-0.4, -0.2) is 17.7 Å². The van der Waals surface area contributed by atoms with E-state index in [1.54, 1.807) is 0 Å². The average Bonchev–Trinajstić information content (AvgIpc) is 2.41. The molecular weight excluding hydrogens is 146 g/mol. The van der Waals surface area contributed by atoms with Gasteiger partial charge in [-0.05, 0) is 12.2 Å². The molecule has 1 rings (SSSR count). The van der Waals surface area contributed by atoms with Crippen LogP contribution in [-0.2, 0) is 0 Å². The van der Waals surface area contributed by atoms with Crippen LogP contribution in [0.4, 0.5) is 0 Å². The van der Waals surface area contributed by atoms with Crippen molar-refractivity contribution in [2.24, 2.45) is 0 Å². The lowest BCUT2D eigenvalue weighted by Gasteiger charge is -2.05. The van der Waals surface area contributed by atoms with Crippen molar-refractivity contribution in [3.05, 3.63) is 0 Å². The SMILES string of the molecule is CCCCSC1CNNN1. The maximum atomic E-state index is 3.12. The number of rotatable bonds is 4. The molecule has 0 amide bonds. The third-order valence-corrected chi connectivity index (χ3v) is 2.64. The van der Waals surface area contributed by atoms with E-state index in [1.807, 2.05) is 11.8 Å². The van der Waals surface area contributed by atoms with Gasteiger partial charge in [-0.15, -0.1) is 11.8 Å². The highest BCUT2D eigenvalue weighted by Crippen LogP contribution is 2.10. The number of nitrogens with one attached hydrogen (secondary N) is 3. The second-order valence-electron chi connectivity index (χ2n) is 2.36. The van der Waals surface area contributed by atoms with Crippen LogP contribution >= 0.6 is 11.8 Å². The fourth-order valence-electron chi connectivity index (χ4n) is 0.797. The van der Waals surface area contributed by atoms with Gasteiger partial charge in [0.15, 0.2) is 0 Å². The molecule has 0 aromatic heterocycles. The number of hydrogen-bond acceptors (Lipinski definition) is 4. The summed E-state index contributed by atoms with van der Waals surface area (Å²) in [6, 6.07) is 0. The van der Waals surface area contributed by atoms with Crippen molar-refractivity contribution in [1.29, 1.82) is 0 Å². The van der Waals surface area contributed by atoms with Crippen LogP contribution in [0.15, 0.2) is 0 Å². The molecule has 1 atom stereocenters. The first kappa shape index (κ1) is 8.33. The van der Waals surface area contributed by atoms with Crippen molar-refractivity contribution < 1.29 is 0 Å². The van der Waals surface area contributed by atoms with E-state index in [4.69, 9.17) is 0 Å². The predicted octanol–water partition coefficient (Wildman–Crippen LogP) is 0.458. The van der Waals surface area contributed by atoms with Gasteiger partial charge in [-0.3, -0.25) is 0 Å². The Kier molecular flexibility index (Phi) is 4.13. The van der Waals surface area contributed by atoms with Gasteiger partial charge >= 0.3 is 0 Å². The number of hydrogen-bond donors (Lipinski definition) is 3. The lowest BCUT2D eigenvalue weighted by atomic mass is 10.4. The van der Waals surface area contributed by atoms with E-state index in [1.165, 1.54) is 18.6 Å². The molecule has 1 aliphatic heterocycles. The zero-order valence-electron chi connectivity index (χ0n) is 6.31. The Hall–Kier alpha value is 0.230. The molecule has 3 N–H and O–H groups in total.